The third kappa shape index (κ3) is 4.27. The lowest BCUT2D eigenvalue weighted by molar-refractivity contribution is 0.0378. The Balaban J connectivity index is 1.92. The van der Waals surface area contributed by atoms with Crippen molar-refractivity contribution in [2.24, 2.45) is 0 Å². The summed E-state index contributed by atoms with van der Waals surface area (Å²) >= 11 is 0. The van der Waals surface area contributed by atoms with Gasteiger partial charge in [-0.05, 0) is 51.0 Å². The van der Waals surface area contributed by atoms with Gasteiger partial charge in [0.15, 0.2) is 0 Å². The molecule has 3 heteroatoms. The van der Waals surface area contributed by atoms with Crippen molar-refractivity contribution in [2.45, 2.75) is 58.1 Å². The number of ether oxygens (including phenoxy) is 1. The van der Waals surface area contributed by atoms with Crippen LogP contribution in [0.1, 0.15) is 56.3 Å². The second kappa shape index (κ2) is 6.60. The van der Waals surface area contributed by atoms with Gasteiger partial charge in [0, 0.05) is 11.7 Å². The summed E-state index contributed by atoms with van der Waals surface area (Å²) in [5.74, 6) is -0.251. The Labute approximate surface area is 115 Å². The van der Waals surface area contributed by atoms with Crippen molar-refractivity contribution < 1.29 is 9.53 Å². The Morgan fingerprint density at radius 2 is 1.79 bits per heavy atom. The molecule has 1 N–H and O–H groups in total. The normalized spacial score (nSPS) is 16.4. The number of rotatable bonds is 4. The molecule has 0 atom stereocenters. The van der Waals surface area contributed by atoms with E-state index in [1.165, 1.54) is 32.1 Å². The largest absolute Gasteiger partial charge is 0.459 e. The molecule has 0 saturated heterocycles. The summed E-state index contributed by atoms with van der Waals surface area (Å²) in [5.41, 5.74) is 1.70. The third-order valence-corrected chi connectivity index (χ3v) is 3.44. The van der Waals surface area contributed by atoms with Crippen molar-refractivity contribution in [1.29, 1.82) is 0 Å². The van der Waals surface area contributed by atoms with Crippen molar-refractivity contribution in [3.63, 3.8) is 0 Å². The molecule has 0 heterocycles. The number of nitrogens with one attached hydrogen (secondary N) is 1. The summed E-state index contributed by atoms with van der Waals surface area (Å²) in [6.45, 7) is 3.72. The van der Waals surface area contributed by atoms with E-state index < -0.39 is 0 Å². The summed E-state index contributed by atoms with van der Waals surface area (Å²) in [5, 5.41) is 3.54. The van der Waals surface area contributed by atoms with Crippen molar-refractivity contribution in [3.8, 4) is 0 Å². The van der Waals surface area contributed by atoms with Gasteiger partial charge in [-0.1, -0.05) is 19.3 Å². The zero-order valence-corrected chi connectivity index (χ0v) is 11.8. The second-order valence-corrected chi connectivity index (χ2v) is 5.51. The summed E-state index contributed by atoms with van der Waals surface area (Å²) in [7, 11) is 0. The molecule has 0 bridgehead atoms. The molecule has 1 aliphatic rings. The summed E-state index contributed by atoms with van der Waals surface area (Å²) < 4.78 is 5.17. The standard InChI is InChI=1S/C16H23NO2/c1-12(2)19-16(18)13-8-10-15(11-9-13)17-14-6-4-3-5-7-14/h8-12,14,17H,3-7H2,1-2H3. The van der Waals surface area contributed by atoms with Crippen LogP contribution in [0.25, 0.3) is 0 Å². The number of carbonyl (C=O) groups excluding carboxylic acids is 1. The van der Waals surface area contributed by atoms with E-state index in [0.717, 1.165) is 5.69 Å². The number of benzene rings is 1. The van der Waals surface area contributed by atoms with E-state index in [2.05, 4.69) is 5.32 Å². The van der Waals surface area contributed by atoms with Gasteiger partial charge in [-0.3, -0.25) is 0 Å². The van der Waals surface area contributed by atoms with Crippen LogP contribution in [0, 0.1) is 0 Å². The molecule has 0 aliphatic heterocycles. The summed E-state index contributed by atoms with van der Waals surface area (Å²) in [6, 6.07) is 8.17. The number of esters is 1. The number of hydrogen-bond acceptors (Lipinski definition) is 3. The van der Waals surface area contributed by atoms with Gasteiger partial charge in [0.25, 0.3) is 0 Å². The highest BCUT2D eigenvalue weighted by atomic mass is 16.5. The predicted octanol–water partition coefficient (Wildman–Crippen LogP) is 4.00. The number of anilines is 1. The van der Waals surface area contributed by atoms with Crippen LogP contribution in [0.5, 0.6) is 0 Å². The van der Waals surface area contributed by atoms with Crippen LogP contribution in [0.2, 0.25) is 0 Å². The van der Waals surface area contributed by atoms with E-state index in [-0.39, 0.29) is 12.1 Å². The van der Waals surface area contributed by atoms with Crippen LogP contribution in [0.3, 0.4) is 0 Å². The molecule has 1 saturated carbocycles. The van der Waals surface area contributed by atoms with Crippen LogP contribution in [-0.4, -0.2) is 18.1 Å². The lowest BCUT2D eigenvalue weighted by Crippen LogP contribution is -2.22. The quantitative estimate of drug-likeness (QED) is 0.833. The molecule has 0 unspecified atom stereocenters. The molecule has 0 spiro atoms. The second-order valence-electron chi connectivity index (χ2n) is 5.51. The maximum absolute atomic E-state index is 11.7. The molecule has 1 aromatic rings. The number of carbonyl (C=O) groups is 1. The van der Waals surface area contributed by atoms with Gasteiger partial charge >= 0.3 is 5.97 Å². The first-order valence-corrected chi connectivity index (χ1v) is 7.23. The minimum absolute atomic E-state index is 0.0764. The first kappa shape index (κ1) is 13.9. The van der Waals surface area contributed by atoms with Gasteiger partial charge < -0.3 is 10.1 Å². The molecule has 0 radical (unpaired) electrons. The fraction of sp³-hybridized carbons (Fsp3) is 0.562. The SMILES string of the molecule is CC(C)OC(=O)c1ccc(NC2CCCCC2)cc1. The Hall–Kier alpha value is -1.51. The zero-order chi connectivity index (χ0) is 13.7. The van der Waals surface area contributed by atoms with Gasteiger partial charge in [0.1, 0.15) is 0 Å². The van der Waals surface area contributed by atoms with Crippen LogP contribution >= 0.6 is 0 Å². The van der Waals surface area contributed by atoms with Gasteiger partial charge in [0.05, 0.1) is 11.7 Å². The van der Waals surface area contributed by atoms with E-state index >= 15 is 0 Å². The summed E-state index contributed by atoms with van der Waals surface area (Å²) in [4.78, 5) is 11.7. The van der Waals surface area contributed by atoms with Crippen LogP contribution in [0.4, 0.5) is 5.69 Å². The molecule has 104 valence electrons. The predicted molar refractivity (Wildman–Crippen MR) is 77.5 cm³/mol. The zero-order valence-electron chi connectivity index (χ0n) is 11.8. The van der Waals surface area contributed by atoms with Crippen molar-refractivity contribution in [1.82, 2.24) is 0 Å². The van der Waals surface area contributed by atoms with Crippen LogP contribution in [-0.2, 0) is 4.74 Å². The highest BCUT2D eigenvalue weighted by molar-refractivity contribution is 5.89. The average Bonchev–Trinajstić information content (AvgIpc) is 2.40. The van der Waals surface area contributed by atoms with E-state index in [9.17, 15) is 4.79 Å². The molecule has 1 fully saturated rings. The van der Waals surface area contributed by atoms with Crippen molar-refractivity contribution >= 4 is 11.7 Å². The Morgan fingerprint density at radius 3 is 2.37 bits per heavy atom. The Bertz CT molecular complexity index is 405. The minimum Gasteiger partial charge on any atom is -0.459 e. The lowest BCUT2D eigenvalue weighted by atomic mass is 9.95. The van der Waals surface area contributed by atoms with Gasteiger partial charge in [-0.15, -0.1) is 0 Å². The molecule has 0 aromatic heterocycles. The highest BCUT2D eigenvalue weighted by Crippen LogP contribution is 2.22. The van der Waals surface area contributed by atoms with Gasteiger partial charge in [-0.25, -0.2) is 4.79 Å². The number of hydrogen-bond donors (Lipinski definition) is 1. The van der Waals surface area contributed by atoms with Gasteiger partial charge in [0.2, 0.25) is 0 Å². The molecule has 2 rings (SSSR count). The van der Waals surface area contributed by atoms with Gasteiger partial charge in [-0.2, -0.15) is 0 Å². The molecular formula is C16H23NO2. The fourth-order valence-electron chi connectivity index (χ4n) is 2.47. The maximum atomic E-state index is 11.7. The average molecular weight is 261 g/mol. The van der Waals surface area contributed by atoms with E-state index in [1.54, 1.807) is 0 Å². The third-order valence-electron chi connectivity index (χ3n) is 3.44. The Kier molecular flexibility index (Phi) is 4.83. The highest BCUT2D eigenvalue weighted by Gasteiger charge is 2.13. The first-order chi connectivity index (χ1) is 9.15. The molecular weight excluding hydrogens is 238 g/mol. The lowest BCUT2D eigenvalue weighted by Gasteiger charge is -2.23. The molecule has 0 amide bonds. The van der Waals surface area contributed by atoms with Crippen LogP contribution < -0.4 is 5.32 Å². The molecule has 3 nitrogen and oxygen atoms in total. The molecule has 1 aromatic carbocycles. The first-order valence-electron chi connectivity index (χ1n) is 7.23. The van der Waals surface area contributed by atoms with E-state index in [0.29, 0.717) is 11.6 Å². The smallest absolute Gasteiger partial charge is 0.338 e. The maximum Gasteiger partial charge on any atom is 0.338 e. The fourth-order valence-corrected chi connectivity index (χ4v) is 2.47. The van der Waals surface area contributed by atoms with Crippen LogP contribution in [0.15, 0.2) is 24.3 Å². The summed E-state index contributed by atoms with van der Waals surface area (Å²) in [6.07, 6.45) is 6.41. The minimum atomic E-state index is -0.251. The molecule has 19 heavy (non-hydrogen) atoms. The van der Waals surface area contributed by atoms with Crippen molar-refractivity contribution in [2.75, 3.05) is 5.32 Å². The van der Waals surface area contributed by atoms with E-state index in [1.807, 2.05) is 38.1 Å². The van der Waals surface area contributed by atoms with E-state index in [4.69, 9.17) is 4.74 Å². The molecule has 1 aliphatic carbocycles. The topological polar surface area (TPSA) is 38.3 Å². The van der Waals surface area contributed by atoms with Crippen molar-refractivity contribution in [3.05, 3.63) is 29.8 Å². The monoisotopic (exact) mass is 261 g/mol. The Morgan fingerprint density at radius 1 is 1.16 bits per heavy atom.